The van der Waals surface area contributed by atoms with Gasteiger partial charge in [0.1, 0.15) is 5.75 Å². The van der Waals surface area contributed by atoms with E-state index in [2.05, 4.69) is 5.32 Å². The predicted octanol–water partition coefficient (Wildman–Crippen LogP) is 2.46. The number of benzene rings is 2. The van der Waals surface area contributed by atoms with Crippen LogP contribution in [0.15, 0.2) is 48.5 Å². The molecule has 1 unspecified atom stereocenters. The third-order valence-electron chi connectivity index (χ3n) is 3.53. The van der Waals surface area contributed by atoms with Crippen LogP contribution < -0.4 is 10.1 Å². The normalized spacial score (nSPS) is 11.6. The summed E-state index contributed by atoms with van der Waals surface area (Å²) in [4.78, 5) is 22.4. The Balaban J connectivity index is 2.01. The maximum absolute atomic E-state index is 11.9. The summed E-state index contributed by atoms with van der Waals surface area (Å²) in [6.07, 6.45) is -0.941. The zero-order chi connectivity index (χ0) is 17.5. The zero-order valence-corrected chi connectivity index (χ0v) is 13.1. The van der Waals surface area contributed by atoms with E-state index in [-0.39, 0.29) is 30.1 Å². The number of methoxy groups -OCH3 is 1. The van der Waals surface area contributed by atoms with E-state index in [9.17, 15) is 20.0 Å². The van der Waals surface area contributed by atoms with E-state index in [1.165, 1.54) is 25.3 Å². The molecule has 2 N–H and O–H groups in total. The number of amides is 1. The van der Waals surface area contributed by atoms with Crippen molar-refractivity contribution in [3.05, 3.63) is 69.8 Å². The maximum atomic E-state index is 11.9. The fourth-order valence-corrected chi connectivity index (χ4v) is 2.26. The molecule has 1 atom stereocenters. The molecule has 2 aromatic rings. The Hall–Kier alpha value is -2.93. The number of aliphatic hydroxyl groups excluding tert-OH is 1. The molecule has 24 heavy (non-hydrogen) atoms. The first-order valence-electron chi connectivity index (χ1n) is 7.36. The number of carbonyl (C=O) groups is 1. The first-order chi connectivity index (χ1) is 11.5. The van der Waals surface area contributed by atoms with Crippen molar-refractivity contribution in [3.63, 3.8) is 0 Å². The van der Waals surface area contributed by atoms with E-state index in [0.717, 1.165) is 0 Å². The van der Waals surface area contributed by atoms with Crippen LogP contribution >= 0.6 is 0 Å². The van der Waals surface area contributed by atoms with E-state index >= 15 is 0 Å². The molecule has 0 saturated heterocycles. The van der Waals surface area contributed by atoms with Crippen molar-refractivity contribution in [1.29, 1.82) is 0 Å². The van der Waals surface area contributed by atoms with Crippen LogP contribution in [0.25, 0.3) is 0 Å². The lowest BCUT2D eigenvalue weighted by Crippen LogP contribution is -2.25. The van der Waals surface area contributed by atoms with Crippen LogP contribution in [0.5, 0.6) is 5.75 Å². The van der Waals surface area contributed by atoms with Gasteiger partial charge in [0.15, 0.2) is 0 Å². The van der Waals surface area contributed by atoms with Crippen molar-refractivity contribution < 1.29 is 19.6 Å². The summed E-state index contributed by atoms with van der Waals surface area (Å²) in [6, 6.07) is 12.9. The molecule has 0 aliphatic rings. The molecule has 0 fully saturated rings. The zero-order valence-electron chi connectivity index (χ0n) is 13.1. The molecule has 2 rings (SSSR count). The van der Waals surface area contributed by atoms with Crippen molar-refractivity contribution in [1.82, 2.24) is 5.32 Å². The molecule has 0 bridgehead atoms. The SMILES string of the molecule is COc1ccc([N+](=O)[O-])c(C(O)CCNC(=O)c2ccccc2)c1. The van der Waals surface area contributed by atoms with Crippen LogP contribution in [-0.2, 0) is 0 Å². The number of ether oxygens (including phenoxy) is 1. The lowest BCUT2D eigenvalue weighted by molar-refractivity contribution is -0.386. The van der Waals surface area contributed by atoms with E-state index in [1.54, 1.807) is 24.3 Å². The Morgan fingerprint density at radius 1 is 1.29 bits per heavy atom. The predicted molar refractivity (Wildman–Crippen MR) is 88.0 cm³/mol. The lowest BCUT2D eigenvalue weighted by Gasteiger charge is -2.13. The van der Waals surface area contributed by atoms with Gasteiger partial charge in [-0.15, -0.1) is 0 Å². The van der Waals surface area contributed by atoms with E-state index < -0.39 is 11.0 Å². The molecule has 0 heterocycles. The third kappa shape index (κ3) is 4.30. The average molecular weight is 330 g/mol. The second-order valence-corrected chi connectivity index (χ2v) is 5.11. The molecular formula is C17H18N2O5. The second-order valence-electron chi connectivity index (χ2n) is 5.11. The summed E-state index contributed by atoms with van der Waals surface area (Å²) in [6.45, 7) is 0.184. The van der Waals surface area contributed by atoms with E-state index in [4.69, 9.17) is 4.74 Å². The highest BCUT2D eigenvalue weighted by atomic mass is 16.6. The summed E-state index contributed by atoms with van der Waals surface area (Å²) in [5, 5.41) is 24.0. The van der Waals surface area contributed by atoms with Crippen LogP contribution in [0.3, 0.4) is 0 Å². The lowest BCUT2D eigenvalue weighted by atomic mass is 10.0. The molecule has 0 saturated carbocycles. The Labute approximate surface area is 139 Å². The smallest absolute Gasteiger partial charge is 0.275 e. The molecule has 0 spiro atoms. The topological polar surface area (TPSA) is 102 Å². The molecule has 7 heteroatoms. The molecule has 2 aromatic carbocycles. The van der Waals surface area contributed by atoms with Crippen LogP contribution in [0.1, 0.15) is 28.4 Å². The van der Waals surface area contributed by atoms with E-state index in [0.29, 0.717) is 11.3 Å². The third-order valence-corrected chi connectivity index (χ3v) is 3.53. The van der Waals surface area contributed by atoms with Gasteiger partial charge in [0.05, 0.1) is 23.7 Å². The van der Waals surface area contributed by atoms with Crippen LogP contribution in [0, 0.1) is 10.1 Å². The molecule has 0 radical (unpaired) electrons. The number of nitrogens with one attached hydrogen (secondary N) is 1. The van der Waals surface area contributed by atoms with Crippen molar-refractivity contribution >= 4 is 11.6 Å². The van der Waals surface area contributed by atoms with Gasteiger partial charge in [0.25, 0.3) is 11.6 Å². The molecule has 0 aliphatic heterocycles. The summed E-state index contributed by atoms with van der Waals surface area (Å²) in [7, 11) is 1.44. The molecule has 126 valence electrons. The number of nitro benzene ring substituents is 1. The molecule has 0 aromatic heterocycles. The Bertz CT molecular complexity index is 718. The van der Waals surface area contributed by atoms with Gasteiger partial charge in [-0.2, -0.15) is 0 Å². The summed E-state index contributed by atoms with van der Waals surface area (Å²) in [5.41, 5.74) is 0.491. The maximum Gasteiger partial charge on any atom is 0.275 e. The van der Waals surface area contributed by atoms with Gasteiger partial charge in [-0.1, -0.05) is 18.2 Å². The standard InChI is InChI=1S/C17H18N2O5/c1-24-13-7-8-15(19(22)23)14(11-13)16(20)9-10-18-17(21)12-5-3-2-4-6-12/h2-8,11,16,20H,9-10H2,1H3,(H,18,21). The Morgan fingerprint density at radius 3 is 2.62 bits per heavy atom. The number of hydrogen-bond acceptors (Lipinski definition) is 5. The van der Waals surface area contributed by atoms with Crippen LogP contribution in [-0.4, -0.2) is 29.6 Å². The number of nitro groups is 1. The largest absolute Gasteiger partial charge is 0.497 e. The molecule has 1 amide bonds. The van der Waals surface area contributed by atoms with Crippen molar-refractivity contribution in [3.8, 4) is 5.75 Å². The fraction of sp³-hybridized carbons (Fsp3) is 0.235. The summed E-state index contributed by atoms with van der Waals surface area (Å²) in [5.74, 6) is 0.158. The molecule has 0 aliphatic carbocycles. The van der Waals surface area contributed by atoms with Gasteiger partial charge < -0.3 is 15.2 Å². The van der Waals surface area contributed by atoms with Gasteiger partial charge in [-0.05, 0) is 30.7 Å². The Kier molecular flexibility index (Phi) is 5.86. The summed E-state index contributed by atoms with van der Waals surface area (Å²) < 4.78 is 5.04. The van der Waals surface area contributed by atoms with Gasteiger partial charge in [-0.3, -0.25) is 14.9 Å². The highest BCUT2D eigenvalue weighted by Crippen LogP contribution is 2.30. The van der Waals surface area contributed by atoms with Crippen molar-refractivity contribution in [2.24, 2.45) is 0 Å². The first-order valence-corrected chi connectivity index (χ1v) is 7.36. The van der Waals surface area contributed by atoms with Gasteiger partial charge in [0, 0.05) is 18.2 Å². The average Bonchev–Trinajstić information content (AvgIpc) is 2.61. The highest BCUT2D eigenvalue weighted by Gasteiger charge is 2.21. The number of rotatable bonds is 7. The van der Waals surface area contributed by atoms with E-state index in [1.807, 2.05) is 6.07 Å². The number of hydrogen-bond donors (Lipinski definition) is 2. The monoisotopic (exact) mass is 330 g/mol. The van der Waals surface area contributed by atoms with Gasteiger partial charge >= 0.3 is 0 Å². The minimum absolute atomic E-state index is 0.145. The number of aliphatic hydroxyl groups is 1. The Morgan fingerprint density at radius 2 is 2.00 bits per heavy atom. The van der Waals surface area contributed by atoms with Crippen molar-refractivity contribution in [2.45, 2.75) is 12.5 Å². The van der Waals surface area contributed by atoms with Crippen LogP contribution in [0.4, 0.5) is 5.69 Å². The van der Waals surface area contributed by atoms with Gasteiger partial charge in [-0.25, -0.2) is 0 Å². The number of nitrogens with zero attached hydrogens (tertiary/aromatic N) is 1. The second kappa shape index (κ2) is 8.07. The highest BCUT2D eigenvalue weighted by molar-refractivity contribution is 5.94. The quantitative estimate of drug-likeness (QED) is 0.600. The summed E-state index contributed by atoms with van der Waals surface area (Å²) >= 11 is 0. The first kappa shape index (κ1) is 17.4. The fourth-order valence-electron chi connectivity index (χ4n) is 2.26. The molecule has 7 nitrogen and oxygen atoms in total. The molecular weight excluding hydrogens is 312 g/mol. The minimum Gasteiger partial charge on any atom is -0.497 e. The van der Waals surface area contributed by atoms with Crippen molar-refractivity contribution in [2.75, 3.05) is 13.7 Å². The van der Waals surface area contributed by atoms with Gasteiger partial charge in [0.2, 0.25) is 0 Å². The minimum atomic E-state index is -1.09. The van der Waals surface area contributed by atoms with Crippen LogP contribution in [0.2, 0.25) is 0 Å². The number of carbonyl (C=O) groups excluding carboxylic acids is 1.